The Morgan fingerprint density at radius 2 is 1.41 bits per heavy atom. The van der Waals surface area contributed by atoms with E-state index in [1.807, 2.05) is 24.3 Å². The maximum Gasteiger partial charge on any atom is 0.261 e. The standard InChI is InChI=1S/C40H45Cl2NO2Si/c1-5-28-26-36(31-13-12-14-33(42)25-31)38(30-21-23-32(41)24-22-30)43(39(28)44)37(29-19-20-29)27-45-46(40(2,3)4,34-15-8-6-9-16-34)35-17-10-7-11-18-35/h6-18,21-25,28-29,36-38H,5,19-20,26-27H2,1-4H3/t28?,36-,37-,38-/m1/s1. The summed E-state index contributed by atoms with van der Waals surface area (Å²) in [6, 6.07) is 37.7. The molecule has 2 fully saturated rings. The Bertz CT molecular complexity index is 1580. The molecule has 3 nitrogen and oxygen atoms in total. The van der Waals surface area contributed by atoms with Crippen molar-refractivity contribution >= 4 is 47.8 Å². The topological polar surface area (TPSA) is 29.5 Å². The van der Waals surface area contributed by atoms with Crippen molar-refractivity contribution in [1.29, 1.82) is 0 Å². The van der Waals surface area contributed by atoms with Gasteiger partial charge in [0.2, 0.25) is 5.91 Å². The van der Waals surface area contributed by atoms with Crippen LogP contribution in [-0.4, -0.2) is 31.8 Å². The number of carbonyl (C=O) groups is 1. The Hall–Kier alpha value is -2.89. The molecule has 1 heterocycles. The lowest BCUT2D eigenvalue weighted by atomic mass is 9.74. The van der Waals surface area contributed by atoms with Crippen molar-refractivity contribution in [1.82, 2.24) is 4.90 Å². The van der Waals surface area contributed by atoms with Gasteiger partial charge in [0.1, 0.15) is 0 Å². The third-order valence-electron chi connectivity index (χ3n) is 10.2. The van der Waals surface area contributed by atoms with Crippen LogP contribution in [0.5, 0.6) is 0 Å². The van der Waals surface area contributed by atoms with Gasteiger partial charge in [0.15, 0.2) is 0 Å². The van der Waals surface area contributed by atoms with Crippen LogP contribution in [0.1, 0.15) is 76.5 Å². The van der Waals surface area contributed by atoms with E-state index in [1.165, 1.54) is 15.9 Å². The molecule has 4 atom stereocenters. The van der Waals surface area contributed by atoms with E-state index in [9.17, 15) is 4.79 Å². The van der Waals surface area contributed by atoms with E-state index < -0.39 is 8.32 Å². The molecule has 1 saturated carbocycles. The fourth-order valence-corrected chi connectivity index (χ4v) is 12.7. The summed E-state index contributed by atoms with van der Waals surface area (Å²) in [5.74, 6) is 0.662. The summed E-state index contributed by atoms with van der Waals surface area (Å²) in [6.07, 6.45) is 3.79. The highest BCUT2D eigenvalue weighted by Gasteiger charge is 2.53. The van der Waals surface area contributed by atoms with Gasteiger partial charge in [-0.3, -0.25) is 4.79 Å². The van der Waals surface area contributed by atoms with Crippen molar-refractivity contribution in [3.05, 3.63) is 130 Å². The van der Waals surface area contributed by atoms with E-state index in [0.29, 0.717) is 17.5 Å². The van der Waals surface area contributed by atoms with Gasteiger partial charge < -0.3 is 9.33 Å². The molecule has 1 saturated heterocycles. The lowest BCUT2D eigenvalue weighted by Crippen LogP contribution is -2.67. The van der Waals surface area contributed by atoms with Crippen LogP contribution in [0, 0.1) is 11.8 Å². The number of benzene rings is 4. The van der Waals surface area contributed by atoms with Crippen molar-refractivity contribution in [2.45, 2.75) is 76.4 Å². The molecule has 4 aromatic rings. The number of rotatable bonds is 10. The highest BCUT2D eigenvalue weighted by molar-refractivity contribution is 6.99. The number of nitrogens with zero attached hydrogens (tertiary/aromatic N) is 1. The molecule has 0 aromatic heterocycles. The van der Waals surface area contributed by atoms with Gasteiger partial charge in [-0.1, -0.05) is 136 Å². The molecule has 240 valence electrons. The van der Waals surface area contributed by atoms with Gasteiger partial charge in [-0.2, -0.15) is 0 Å². The molecule has 0 bridgehead atoms. The average Bonchev–Trinajstić information content (AvgIpc) is 3.90. The van der Waals surface area contributed by atoms with Crippen molar-refractivity contribution in [2.75, 3.05) is 6.61 Å². The first-order valence-electron chi connectivity index (χ1n) is 16.7. The van der Waals surface area contributed by atoms with E-state index in [4.69, 9.17) is 27.6 Å². The molecule has 0 N–H and O–H groups in total. The number of hydrogen-bond acceptors (Lipinski definition) is 2. The third kappa shape index (κ3) is 6.47. The fourth-order valence-electron chi connectivity index (χ4n) is 7.79. The minimum absolute atomic E-state index is 0.0501. The molecule has 6 heteroatoms. The van der Waals surface area contributed by atoms with Gasteiger partial charge in [0.25, 0.3) is 8.32 Å². The predicted octanol–water partition coefficient (Wildman–Crippen LogP) is 9.43. The SMILES string of the molecule is CCC1C[C@H](c2cccc(Cl)c2)[C@@H](c2ccc(Cl)cc2)N([C@H](CO[Si](c2ccccc2)(c2ccccc2)C(C)(C)C)C2CC2)C1=O. The molecule has 0 radical (unpaired) electrons. The first kappa shape index (κ1) is 33.0. The molecule has 46 heavy (non-hydrogen) atoms. The number of likely N-dealkylation sites (tertiary alicyclic amines) is 1. The second kappa shape index (κ2) is 13.7. The van der Waals surface area contributed by atoms with Crippen LogP contribution in [0.15, 0.2) is 109 Å². The van der Waals surface area contributed by atoms with Crippen molar-refractivity contribution in [2.24, 2.45) is 11.8 Å². The third-order valence-corrected chi connectivity index (χ3v) is 15.7. The number of amides is 1. The maximum absolute atomic E-state index is 14.7. The minimum atomic E-state index is -2.81. The van der Waals surface area contributed by atoms with E-state index >= 15 is 0 Å². The van der Waals surface area contributed by atoms with Gasteiger partial charge in [-0.15, -0.1) is 0 Å². The molecule has 1 aliphatic heterocycles. The summed E-state index contributed by atoms with van der Waals surface area (Å²) in [6.45, 7) is 9.58. The zero-order valence-corrected chi connectivity index (χ0v) is 29.8. The van der Waals surface area contributed by atoms with Gasteiger partial charge in [-0.05, 0) is 82.4 Å². The Balaban J connectivity index is 1.48. The van der Waals surface area contributed by atoms with Gasteiger partial charge in [-0.25, -0.2) is 0 Å². The van der Waals surface area contributed by atoms with Crippen molar-refractivity contribution in [3.63, 3.8) is 0 Å². The smallest absolute Gasteiger partial charge is 0.261 e. The molecular weight excluding hydrogens is 625 g/mol. The summed E-state index contributed by atoms with van der Waals surface area (Å²) >= 11 is 13.0. The molecular formula is C40H45Cl2NO2Si. The Labute approximate surface area is 286 Å². The van der Waals surface area contributed by atoms with Gasteiger partial charge >= 0.3 is 0 Å². The zero-order chi connectivity index (χ0) is 32.5. The normalized spacial score (nSPS) is 21.3. The molecule has 0 spiro atoms. The molecule has 1 unspecified atom stereocenters. The van der Waals surface area contributed by atoms with E-state index in [-0.39, 0.29) is 34.9 Å². The van der Waals surface area contributed by atoms with Crippen LogP contribution in [0.3, 0.4) is 0 Å². The number of hydrogen-bond donors (Lipinski definition) is 0. The monoisotopic (exact) mass is 669 g/mol. The second-order valence-corrected chi connectivity index (χ2v) is 19.3. The van der Waals surface area contributed by atoms with Crippen LogP contribution < -0.4 is 10.4 Å². The summed E-state index contributed by atoms with van der Waals surface area (Å²) in [5.41, 5.74) is 2.28. The summed E-state index contributed by atoms with van der Waals surface area (Å²) < 4.78 is 7.57. The highest BCUT2D eigenvalue weighted by Crippen LogP contribution is 2.50. The van der Waals surface area contributed by atoms with E-state index in [1.54, 1.807) is 0 Å². The molecule has 2 aliphatic rings. The lowest BCUT2D eigenvalue weighted by molar-refractivity contribution is -0.148. The zero-order valence-electron chi connectivity index (χ0n) is 27.3. The molecule has 4 aromatic carbocycles. The Kier molecular flexibility index (Phi) is 9.82. The Morgan fingerprint density at radius 1 is 0.804 bits per heavy atom. The first-order valence-corrected chi connectivity index (χ1v) is 19.4. The number of halogens is 2. The lowest BCUT2D eigenvalue weighted by Gasteiger charge is -2.50. The van der Waals surface area contributed by atoms with Crippen molar-refractivity contribution in [3.8, 4) is 0 Å². The van der Waals surface area contributed by atoms with Crippen LogP contribution in [0.2, 0.25) is 15.1 Å². The minimum Gasteiger partial charge on any atom is -0.405 e. The average molecular weight is 671 g/mol. The number of carbonyl (C=O) groups excluding carboxylic acids is 1. The molecule has 6 rings (SSSR count). The molecule has 1 amide bonds. The predicted molar refractivity (Wildman–Crippen MR) is 194 cm³/mol. The quantitative estimate of drug-likeness (QED) is 0.157. The maximum atomic E-state index is 14.7. The van der Waals surface area contributed by atoms with Crippen LogP contribution >= 0.6 is 23.2 Å². The van der Waals surface area contributed by atoms with Crippen LogP contribution in [0.25, 0.3) is 0 Å². The van der Waals surface area contributed by atoms with E-state index in [2.05, 4.69) is 118 Å². The summed E-state index contributed by atoms with van der Waals surface area (Å²) in [7, 11) is -2.81. The van der Waals surface area contributed by atoms with E-state index in [0.717, 1.165) is 36.3 Å². The van der Waals surface area contributed by atoms with Crippen LogP contribution in [-0.2, 0) is 9.22 Å². The Morgan fingerprint density at radius 3 is 1.93 bits per heavy atom. The summed E-state index contributed by atoms with van der Waals surface area (Å²) in [5, 5.41) is 3.77. The second-order valence-electron chi connectivity index (χ2n) is 14.1. The first-order chi connectivity index (χ1) is 22.1. The highest BCUT2D eigenvalue weighted by atomic mass is 35.5. The van der Waals surface area contributed by atoms with Gasteiger partial charge in [0.05, 0.1) is 18.7 Å². The largest absolute Gasteiger partial charge is 0.405 e. The van der Waals surface area contributed by atoms with Crippen LogP contribution in [0.4, 0.5) is 0 Å². The molecule has 1 aliphatic carbocycles. The number of piperidine rings is 1. The summed E-state index contributed by atoms with van der Waals surface area (Å²) in [4.78, 5) is 17.0. The fraction of sp³-hybridized carbons (Fsp3) is 0.375. The van der Waals surface area contributed by atoms with Crippen molar-refractivity contribution < 1.29 is 9.22 Å². The van der Waals surface area contributed by atoms with Gasteiger partial charge in [0, 0.05) is 21.9 Å².